The maximum Gasteiger partial charge on any atom is 0.242 e. The van der Waals surface area contributed by atoms with E-state index in [4.69, 9.17) is 0 Å². The van der Waals surface area contributed by atoms with Crippen LogP contribution >= 0.6 is 22.7 Å². The van der Waals surface area contributed by atoms with E-state index in [0.29, 0.717) is 13.1 Å². The SMILES string of the molecule is Cc1nc(-c2cc(C)n(CC(=O)N(C)Cc3nc4ccccc4s3)c2C)cs1. The normalized spacial score (nSPS) is 11.3. The lowest BCUT2D eigenvalue weighted by Crippen LogP contribution is -2.30. The molecule has 0 radical (unpaired) electrons. The number of carbonyl (C=O) groups is 1. The number of para-hydroxylation sites is 1. The van der Waals surface area contributed by atoms with Crippen molar-refractivity contribution in [1.82, 2.24) is 19.4 Å². The molecule has 0 fully saturated rings. The van der Waals surface area contributed by atoms with E-state index >= 15 is 0 Å². The number of carbonyl (C=O) groups excluding carboxylic acids is 1. The van der Waals surface area contributed by atoms with Gasteiger partial charge in [-0.1, -0.05) is 12.1 Å². The van der Waals surface area contributed by atoms with Crippen LogP contribution in [0, 0.1) is 20.8 Å². The predicted molar refractivity (Wildman–Crippen MR) is 116 cm³/mol. The highest BCUT2D eigenvalue weighted by atomic mass is 32.1. The maximum absolute atomic E-state index is 12.9. The number of benzene rings is 1. The summed E-state index contributed by atoms with van der Waals surface area (Å²) in [5.74, 6) is 0.0714. The molecule has 0 unspecified atom stereocenters. The molecule has 0 bridgehead atoms. The molecular formula is C21H22N4OS2. The number of likely N-dealkylation sites (N-methyl/N-ethyl adjacent to an activating group) is 1. The summed E-state index contributed by atoms with van der Waals surface area (Å²) in [5, 5.41) is 4.07. The number of rotatable bonds is 5. The van der Waals surface area contributed by atoms with Gasteiger partial charge in [-0.2, -0.15) is 0 Å². The summed E-state index contributed by atoms with van der Waals surface area (Å²) in [4.78, 5) is 23.8. The van der Waals surface area contributed by atoms with Crippen molar-refractivity contribution in [1.29, 1.82) is 0 Å². The summed E-state index contributed by atoms with van der Waals surface area (Å²) in [6.07, 6.45) is 0. The van der Waals surface area contributed by atoms with Crippen molar-refractivity contribution < 1.29 is 4.79 Å². The Labute approximate surface area is 172 Å². The Kier molecular flexibility index (Phi) is 5.03. The first-order valence-corrected chi connectivity index (χ1v) is 10.8. The van der Waals surface area contributed by atoms with Gasteiger partial charge in [0.2, 0.25) is 5.91 Å². The topological polar surface area (TPSA) is 51.0 Å². The van der Waals surface area contributed by atoms with Crippen molar-refractivity contribution >= 4 is 38.8 Å². The number of hydrogen-bond acceptors (Lipinski definition) is 5. The van der Waals surface area contributed by atoms with Gasteiger partial charge in [-0.25, -0.2) is 9.97 Å². The largest absolute Gasteiger partial charge is 0.339 e. The molecular weight excluding hydrogens is 388 g/mol. The number of thiazole rings is 2. The lowest BCUT2D eigenvalue weighted by molar-refractivity contribution is -0.131. The minimum absolute atomic E-state index is 0.0714. The molecule has 0 aliphatic heterocycles. The van der Waals surface area contributed by atoms with Gasteiger partial charge in [-0.15, -0.1) is 22.7 Å². The van der Waals surface area contributed by atoms with Gasteiger partial charge in [-0.3, -0.25) is 4.79 Å². The number of amides is 1. The number of aromatic nitrogens is 3. The molecule has 3 heterocycles. The maximum atomic E-state index is 12.9. The molecule has 144 valence electrons. The predicted octanol–water partition coefficient (Wildman–Crippen LogP) is 4.81. The Morgan fingerprint density at radius 1 is 1.18 bits per heavy atom. The molecule has 5 nitrogen and oxygen atoms in total. The summed E-state index contributed by atoms with van der Waals surface area (Å²) in [6.45, 7) is 6.94. The minimum Gasteiger partial charge on any atom is -0.339 e. The van der Waals surface area contributed by atoms with Crippen molar-refractivity contribution in [3.63, 3.8) is 0 Å². The van der Waals surface area contributed by atoms with Crippen molar-refractivity contribution in [2.75, 3.05) is 7.05 Å². The second kappa shape index (κ2) is 7.48. The fraction of sp³-hybridized carbons (Fsp3) is 0.286. The monoisotopic (exact) mass is 410 g/mol. The number of aryl methyl sites for hydroxylation is 2. The van der Waals surface area contributed by atoms with Crippen LogP contribution in [0.25, 0.3) is 21.5 Å². The average Bonchev–Trinajstić information content (AvgIpc) is 3.34. The van der Waals surface area contributed by atoms with E-state index in [2.05, 4.69) is 39.0 Å². The van der Waals surface area contributed by atoms with Crippen LogP contribution in [0.4, 0.5) is 0 Å². The second-order valence-electron chi connectivity index (χ2n) is 6.95. The molecule has 0 atom stereocenters. The molecule has 1 amide bonds. The molecule has 28 heavy (non-hydrogen) atoms. The van der Waals surface area contributed by atoms with Crippen LogP contribution < -0.4 is 0 Å². The van der Waals surface area contributed by atoms with Gasteiger partial charge in [0, 0.05) is 29.4 Å². The van der Waals surface area contributed by atoms with Crippen LogP contribution in [0.5, 0.6) is 0 Å². The Morgan fingerprint density at radius 3 is 2.68 bits per heavy atom. The third kappa shape index (κ3) is 3.59. The molecule has 1 aromatic carbocycles. The van der Waals surface area contributed by atoms with Crippen molar-refractivity contribution in [2.24, 2.45) is 0 Å². The van der Waals surface area contributed by atoms with Crippen LogP contribution in [-0.4, -0.2) is 32.4 Å². The third-order valence-corrected chi connectivity index (χ3v) is 6.69. The minimum atomic E-state index is 0.0714. The van der Waals surface area contributed by atoms with Gasteiger partial charge in [0.1, 0.15) is 11.6 Å². The van der Waals surface area contributed by atoms with E-state index in [9.17, 15) is 4.79 Å². The first-order chi connectivity index (χ1) is 13.4. The van der Waals surface area contributed by atoms with Crippen LogP contribution in [-0.2, 0) is 17.9 Å². The Bertz CT molecular complexity index is 1120. The standard InChI is InChI=1S/C21H22N4OS2/c1-13-9-16(18-12-27-15(3)22-18)14(2)25(13)11-21(26)24(4)10-20-23-17-7-5-6-8-19(17)28-20/h5-9,12H,10-11H2,1-4H3. The molecule has 0 saturated heterocycles. The summed E-state index contributed by atoms with van der Waals surface area (Å²) in [7, 11) is 1.84. The van der Waals surface area contributed by atoms with E-state index in [0.717, 1.165) is 42.9 Å². The van der Waals surface area contributed by atoms with Gasteiger partial charge >= 0.3 is 0 Å². The van der Waals surface area contributed by atoms with Gasteiger partial charge in [0.25, 0.3) is 0 Å². The first kappa shape index (κ1) is 18.8. The highest BCUT2D eigenvalue weighted by molar-refractivity contribution is 7.18. The van der Waals surface area contributed by atoms with E-state index in [1.165, 1.54) is 0 Å². The van der Waals surface area contributed by atoms with Crippen LogP contribution in [0.2, 0.25) is 0 Å². The van der Waals surface area contributed by atoms with Gasteiger partial charge in [0.05, 0.1) is 27.5 Å². The highest BCUT2D eigenvalue weighted by Gasteiger charge is 2.18. The Morgan fingerprint density at radius 2 is 1.96 bits per heavy atom. The number of hydrogen-bond donors (Lipinski definition) is 0. The average molecular weight is 411 g/mol. The van der Waals surface area contributed by atoms with Gasteiger partial charge in [0.15, 0.2) is 0 Å². The summed E-state index contributed by atoms with van der Waals surface area (Å²) in [5.41, 5.74) is 5.22. The molecule has 7 heteroatoms. The van der Waals surface area contributed by atoms with E-state index in [-0.39, 0.29) is 5.91 Å². The summed E-state index contributed by atoms with van der Waals surface area (Å²) >= 11 is 3.28. The molecule has 0 spiro atoms. The molecule has 0 aliphatic carbocycles. The van der Waals surface area contributed by atoms with E-state index in [1.54, 1.807) is 27.6 Å². The molecule has 4 rings (SSSR count). The summed E-state index contributed by atoms with van der Waals surface area (Å²) in [6, 6.07) is 10.2. The number of fused-ring (bicyclic) bond motifs is 1. The van der Waals surface area contributed by atoms with Crippen LogP contribution in [0.3, 0.4) is 0 Å². The van der Waals surface area contributed by atoms with Gasteiger partial charge < -0.3 is 9.47 Å². The smallest absolute Gasteiger partial charge is 0.242 e. The fourth-order valence-electron chi connectivity index (χ4n) is 3.33. The lowest BCUT2D eigenvalue weighted by Gasteiger charge is -2.18. The van der Waals surface area contributed by atoms with Gasteiger partial charge in [-0.05, 0) is 39.0 Å². The Balaban J connectivity index is 1.50. The number of nitrogens with zero attached hydrogens (tertiary/aromatic N) is 4. The highest BCUT2D eigenvalue weighted by Crippen LogP contribution is 2.28. The van der Waals surface area contributed by atoms with Crippen molar-refractivity contribution in [3.8, 4) is 11.3 Å². The lowest BCUT2D eigenvalue weighted by atomic mass is 10.2. The molecule has 4 aromatic rings. The zero-order valence-electron chi connectivity index (χ0n) is 16.4. The van der Waals surface area contributed by atoms with E-state index in [1.807, 2.05) is 39.1 Å². The fourth-order valence-corrected chi connectivity index (χ4v) is 4.96. The summed E-state index contributed by atoms with van der Waals surface area (Å²) < 4.78 is 3.22. The van der Waals surface area contributed by atoms with Crippen molar-refractivity contribution in [3.05, 3.63) is 57.1 Å². The molecule has 0 saturated carbocycles. The second-order valence-corrected chi connectivity index (χ2v) is 9.13. The van der Waals surface area contributed by atoms with Crippen LogP contribution in [0.15, 0.2) is 35.7 Å². The first-order valence-electron chi connectivity index (χ1n) is 9.10. The molecule has 0 N–H and O–H groups in total. The zero-order valence-corrected chi connectivity index (χ0v) is 18.0. The van der Waals surface area contributed by atoms with Crippen LogP contribution in [0.1, 0.15) is 21.4 Å². The van der Waals surface area contributed by atoms with Crippen molar-refractivity contribution in [2.45, 2.75) is 33.9 Å². The van der Waals surface area contributed by atoms with E-state index < -0.39 is 0 Å². The zero-order chi connectivity index (χ0) is 19.8. The molecule has 3 aromatic heterocycles. The quantitative estimate of drug-likeness (QED) is 0.475. The third-order valence-electron chi connectivity index (χ3n) is 4.90. The molecule has 0 aliphatic rings. The Hall–Kier alpha value is -2.51.